The van der Waals surface area contributed by atoms with Gasteiger partial charge in [-0.2, -0.15) is 13.2 Å². The van der Waals surface area contributed by atoms with Gasteiger partial charge in [0.15, 0.2) is 0 Å². The van der Waals surface area contributed by atoms with Crippen molar-refractivity contribution in [3.63, 3.8) is 0 Å². The van der Waals surface area contributed by atoms with Crippen LogP contribution in [0.2, 0.25) is 5.02 Å². The van der Waals surface area contributed by atoms with Crippen LogP contribution in [0.5, 0.6) is 5.75 Å². The van der Waals surface area contributed by atoms with Crippen LogP contribution in [-0.4, -0.2) is 12.5 Å². The fourth-order valence-corrected chi connectivity index (χ4v) is 2.45. The lowest BCUT2D eigenvalue weighted by Gasteiger charge is -2.12. The number of aryl methyl sites for hydroxylation is 1. The van der Waals surface area contributed by atoms with E-state index in [4.69, 9.17) is 16.3 Å². The summed E-state index contributed by atoms with van der Waals surface area (Å²) in [5.41, 5.74) is 0.0255. The molecule has 0 atom stereocenters. The van der Waals surface area contributed by atoms with Crippen molar-refractivity contribution in [2.75, 3.05) is 11.9 Å². The Morgan fingerprint density at radius 2 is 1.84 bits per heavy atom. The molecule has 0 aromatic heterocycles. The second-order valence-electron chi connectivity index (χ2n) is 5.32. The van der Waals surface area contributed by atoms with Crippen LogP contribution in [0.1, 0.15) is 24.5 Å². The molecule has 0 bridgehead atoms. The number of rotatable bonds is 6. The SMILES string of the molecule is CCOc1ccc(CCC(=O)Nc2ccc(Cl)c(C(F)(F)F)c2)cc1. The Labute approximate surface area is 148 Å². The molecule has 0 aliphatic heterocycles. The summed E-state index contributed by atoms with van der Waals surface area (Å²) in [7, 11) is 0. The molecule has 0 unspecified atom stereocenters. The Hall–Kier alpha value is -2.21. The molecule has 2 rings (SSSR count). The van der Waals surface area contributed by atoms with Gasteiger partial charge in [-0.25, -0.2) is 0 Å². The molecule has 0 saturated carbocycles. The Morgan fingerprint density at radius 3 is 2.44 bits per heavy atom. The molecule has 2 aromatic carbocycles. The maximum absolute atomic E-state index is 12.8. The number of ether oxygens (including phenoxy) is 1. The zero-order valence-corrected chi connectivity index (χ0v) is 14.2. The highest BCUT2D eigenvalue weighted by Gasteiger charge is 2.33. The van der Waals surface area contributed by atoms with E-state index >= 15 is 0 Å². The molecular weight excluding hydrogens is 355 g/mol. The molecule has 0 radical (unpaired) electrons. The number of hydrogen-bond donors (Lipinski definition) is 1. The molecule has 0 aliphatic carbocycles. The maximum Gasteiger partial charge on any atom is 0.417 e. The standard InChI is InChI=1S/C18H17ClF3NO2/c1-2-25-14-7-3-12(4-8-14)5-10-17(24)23-13-6-9-16(19)15(11-13)18(20,21)22/h3-4,6-9,11H,2,5,10H2,1H3,(H,23,24). The van der Waals surface area contributed by atoms with Gasteiger partial charge >= 0.3 is 6.18 Å². The van der Waals surface area contributed by atoms with E-state index in [0.717, 1.165) is 23.4 Å². The monoisotopic (exact) mass is 371 g/mol. The summed E-state index contributed by atoms with van der Waals surface area (Å²) in [6.07, 6.45) is -3.95. The van der Waals surface area contributed by atoms with E-state index in [1.165, 1.54) is 6.07 Å². The normalized spacial score (nSPS) is 11.2. The molecule has 3 nitrogen and oxygen atoms in total. The van der Waals surface area contributed by atoms with E-state index in [1.807, 2.05) is 31.2 Å². The number of nitrogens with one attached hydrogen (secondary N) is 1. The van der Waals surface area contributed by atoms with Crippen molar-refractivity contribution in [2.45, 2.75) is 25.9 Å². The number of hydrogen-bond acceptors (Lipinski definition) is 2. The molecule has 1 N–H and O–H groups in total. The van der Waals surface area contributed by atoms with E-state index in [9.17, 15) is 18.0 Å². The largest absolute Gasteiger partial charge is 0.494 e. The maximum atomic E-state index is 12.8. The molecule has 0 aliphatic rings. The molecule has 134 valence electrons. The molecule has 0 fully saturated rings. The van der Waals surface area contributed by atoms with Crippen molar-refractivity contribution in [1.82, 2.24) is 0 Å². The minimum Gasteiger partial charge on any atom is -0.494 e. The predicted octanol–water partition coefficient (Wildman–Crippen LogP) is 5.33. The molecule has 0 heterocycles. The first-order chi connectivity index (χ1) is 11.8. The molecule has 2 aromatic rings. The third kappa shape index (κ3) is 5.67. The van der Waals surface area contributed by atoms with Gasteiger partial charge in [-0.05, 0) is 49.2 Å². The van der Waals surface area contributed by atoms with Gasteiger partial charge in [0, 0.05) is 12.1 Å². The first-order valence-corrected chi connectivity index (χ1v) is 8.05. The van der Waals surface area contributed by atoms with Gasteiger partial charge in [-0.3, -0.25) is 4.79 Å². The lowest BCUT2D eigenvalue weighted by molar-refractivity contribution is -0.137. The van der Waals surface area contributed by atoms with Crippen molar-refractivity contribution < 1.29 is 22.7 Å². The zero-order chi connectivity index (χ0) is 18.4. The van der Waals surface area contributed by atoms with Crippen LogP contribution in [-0.2, 0) is 17.4 Å². The van der Waals surface area contributed by atoms with Gasteiger partial charge < -0.3 is 10.1 Å². The van der Waals surface area contributed by atoms with Gasteiger partial charge in [-0.15, -0.1) is 0 Å². The summed E-state index contributed by atoms with van der Waals surface area (Å²) < 4.78 is 43.8. The second kappa shape index (κ2) is 8.25. The Morgan fingerprint density at radius 1 is 1.16 bits per heavy atom. The smallest absolute Gasteiger partial charge is 0.417 e. The van der Waals surface area contributed by atoms with E-state index in [2.05, 4.69) is 5.32 Å². The Bertz CT molecular complexity index is 730. The number of carbonyl (C=O) groups is 1. The summed E-state index contributed by atoms with van der Waals surface area (Å²) in [4.78, 5) is 12.0. The van der Waals surface area contributed by atoms with Crippen LogP contribution in [0, 0.1) is 0 Å². The van der Waals surface area contributed by atoms with E-state index in [-0.39, 0.29) is 18.0 Å². The topological polar surface area (TPSA) is 38.3 Å². The second-order valence-corrected chi connectivity index (χ2v) is 5.72. The third-order valence-electron chi connectivity index (χ3n) is 3.43. The molecule has 1 amide bonds. The summed E-state index contributed by atoms with van der Waals surface area (Å²) in [6.45, 7) is 2.46. The number of halogens is 4. The van der Waals surface area contributed by atoms with Crippen LogP contribution in [0.3, 0.4) is 0 Å². The van der Waals surface area contributed by atoms with Gasteiger partial charge in [0.25, 0.3) is 0 Å². The number of alkyl halides is 3. The third-order valence-corrected chi connectivity index (χ3v) is 3.76. The summed E-state index contributed by atoms with van der Waals surface area (Å²) in [6, 6.07) is 10.6. The number of benzene rings is 2. The molecule has 0 spiro atoms. The van der Waals surface area contributed by atoms with Crippen LogP contribution in [0.15, 0.2) is 42.5 Å². The number of amides is 1. The summed E-state index contributed by atoms with van der Waals surface area (Å²) in [5.74, 6) is 0.376. The van der Waals surface area contributed by atoms with Gasteiger partial charge in [0.05, 0.1) is 17.2 Å². The Kier molecular flexibility index (Phi) is 6.31. The van der Waals surface area contributed by atoms with Crippen molar-refractivity contribution in [2.24, 2.45) is 0 Å². The van der Waals surface area contributed by atoms with E-state index in [0.29, 0.717) is 13.0 Å². The zero-order valence-electron chi connectivity index (χ0n) is 13.5. The van der Waals surface area contributed by atoms with Crippen molar-refractivity contribution in [3.05, 3.63) is 58.6 Å². The summed E-state index contributed by atoms with van der Waals surface area (Å²) >= 11 is 5.55. The highest BCUT2D eigenvalue weighted by molar-refractivity contribution is 6.31. The summed E-state index contributed by atoms with van der Waals surface area (Å²) in [5, 5.41) is 2.06. The number of anilines is 1. The quantitative estimate of drug-likeness (QED) is 0.745. The van der Waals surface area contributed by atoms with Crippen molar-refractivity contribution in [1.29, 1.82) is 0 Å². The highest BCUT2D eigenvalue weighted by atomic mass is 35.5. The van der Waals surface area contributed by atoms with E-state index < -0.39 is 16.8 Å². The Balaban J connectivity index is 1.94. The van der Waals surface area contributed by atoms with Gasteiger partial charge in [0.1, 0.15) is 5.75 Å². The minimum atomic E-state index is -4.57. The number of carbonyl (C=O) groups excluding carboxylic acids is 1. The minimum absolute atomic E-state index is 0.0634. The molecule has 7 heteroatoms. The first kappa shape index (κ1) is 19.1. The van der Waals surface area contributed by atoms with Crippen LogP contribution < -0.4 is 10.1 Å². The predicted molar refractivity (Wildman–Crippen MR) is 91.0 cm³/mol. The van der Waals surface area contributed by atoms with E-state index in [1.54, 1.807) is 0 Å². The highest BCUT2D eigenvalue weighted by Crippen LogP contribution is 2.36. The van der Waals surface area contributed by atoms with Gasteiger partial charge in [0.2, 0.25) is 5.91 Å². The lowest BCUT2D eigenvalue weighted by Crippen LogP contribution is -2.14. The van der Waals surface area contributed by atoms with Gasteiger partial charge in [-0.1, -0.05) is 23.7 Å². The van der Waals surface area contributed by atoms with Crippen LogP contribution >= 0.6 is 11.6 Å². The fraction of sp³-hybridized carbons (Fsp3) is 0.278. The average Bonchev–Trinajstić information content (AvgIpc) is 2.55. The average molecular weight is 372 g/mol. The first-order valence-electron chi connectivity index (χ1n) is 7.68. The van der Waals surface area contributed by atoms with Crippen LogP contribution in [0.4, 0.5) is 18.9 Å². The lowest BCUT2D eigenvalue weighted by atomic mass is 10.1. The molecule has 0 saturated heterocycles. The van der Waals surface area contributed by atoms with Crippen molar-refractivity contribution >= 4 is 23.2 Å². The van der Waals surface area contributed by atoms with Crippen molar-refractivity contribution in [3.8, 4) is 5.75 Å². The van der Waals surface area contributed by atoms with Crippen LogP contribution in [0.25, 0.3) is 0 Å². The molecule has 25 heavy (non-hydrogen) atoms. The molecular formula is C18H17ClF3NO2. The fourth-order valence-electron chi connectivity index (χ4n) is 2.22.